The number of benzene rings is 2. The van der Waals surface area contributed by atoms with Gasteiger partial charge in [-0.25, -0.2) is 9.78 Å². The molecule has 302 valence electrons. The number of hydrogen-bond donors (Lipinski definition) is 1. The molecular formula is C43H49Cl2N5O7. The van der Waals surface area contributed by atoms with E-state index in [0.29, 0.717) is 107 Å². The molecule has 2 fully saturated rings. The second-order valence-electron chi connectivity index (χ2n) is 15.5. The van der Waals surface area contributed by atoms with Gasteiger partial charge in [0, 0.05) is 78.7 Å². The fourth-order valence-electron chi connectivity index (χ4n) is 7.49. The van der Waals surface area contributed by atoms with Crippen LogP contribution >= 0.6 is 23.2 Å². The zero-order valence-corrected chi connectivity index (χ0v) is 34.7. The van der Waals surface area contributed by atoms with E-state index >= 15 is 0 Å². The summed E-state index contributed by atoms with van der Waals surface area (Å²) in [5.41, 5.74) is 4.86. The van der Waals surface area contributed by atoms with Crippen molar-refractivity contribution in [3.05, 3.63) is 82.0 Å². The van der Waals surface area contributed by atoms with Crippen LogP contribution in [0, 0.1) is 5.92 Å². The summed E-state index contributed by atoms with van der Waals surface area (Å²) in [5.74, 6) is -0.118. The van der Waals surface area contributed by atoms with Crippen molar-refractivity contribution >= 4 is 41.2 Å². The maximum absolute atomic E-state index is 13.6. The van der Waals surface area contributed by atoms with Crippen molar-refractivity contribution in [2.75, 3.05) is 40.4 Å². The Balaban J connectivity index is 1.26. The summed E-state index contributed by atoms with van der Waals surface area (Å²) >= 11 is 14.3. The summed E-state index contributed by atoms with van der Waals surface area (Å²) in [6.07, 6.45) is 3.15. The normalized spacial score (nSPS) is 16.4. The maximum atomic E-state index is 13.6. The van der Waals surface area contributed by atoms with Crippen molar-refractivity contribution in [2.24, 2.45) is 5.92 Å². The van der Waals surface area contributed by atoms with Gasteiger partial charge in [0.15, 0.2) is 0 Å². The number of methoxy groups -OCH3 is 2. The quantitative estimate of drug-likeness (QED) is 0.157. The number of nitrogens with zero attached hydrogens (tertiary/aromatic N) is 5. The zero-order valence-electron chi connectivity index (χ0n) is 33.2. The Morgan fingerprint density at radius 2 is 1.60 bits per heavy atom. The molecule has 0 bridgehead atoms. The summed E-state index contributed by atoms with van der Waals surface area (Å²) in [6.45, 7) is 10.2. The lowest BCUT2D eigenvalue weighted by Crippen LogP contribution is -2.49. The monoisotopic (exact) mass is 817 g/mol. The number of hydrogen-bond acceptors (Lipinski definition) is 9. The number of likely N-dealkylation sites (tertiary alicyclic amines) is 2. The Bertz CT molecular complexity index is 2130. The van der Waals surface area contributed by atoms with Gasteiger partial charge in [-0.2, -0.15) is 0 Å². The number of halogens is 2. The minimum absolute atomic E-state index is 0.0254. The Morgan fingerprint density at radius 1 is 0.895 bits per heavy atom. The summed E-state index contributed by atoms with van der Waals surface area (Å²) in [4.78, 5) is 52.1. The molecular weight excluding hydrogens is 769 g/mol. The SMILES string of the molecule is COc1cc(-c2nccc(-c3cccc(-c4ccc(CN5CC[C@H](C(=O)O)C5)c(OC)n4)c3Cl)c2Cl)ccc1CN(C(=O)OC(C)(C)C)C1CCN(C(C)=O)CC1. The molecule has 0 aliphatic carbocycles. The molecule has 2 aliphatic rings. The van der Waals surface area contributed by atoms with E-state index in [0.717, 1.165) is 11.1 Å². The fourth-order valence-corrected chi connectivity index (χ4v) is 8.13. The van der Waals surface area contributed by atoms with Crippen LogP contribution in [0.15, 0.2) is 60.8 Å². The van der Waals surface area contributed by atoms with Crippen LogP contribution in [-0.2, 0) is 27.4 Å². The van der Waals surface area contributed by atoms with E-state index in [-0.39, 0.29) is 24.4 Å². The highest BCUT2D eigenvalue weighted by Crippen LogP contribution is 2.42. The molecule has 12 nitrogen and oxygen atoms in total. The van der Waals surface area contributed by atoms with Gasteiger partial charge in [-0.3, -0.25) is 19.5 Å². The maximum Gasteiger partial charge on any atom is 0.410 e. The predicted octanol–water partition coefficient (Wildman–Crippen LogP) is 8.46. The number of carbonyl (C=O) groups is 3. The third kappa shape index (κ3) is 9.63. The Morgan fingerprint density at radius 3 is 2.25 bits per heavy atom. The topological polar surface area (TPSA) is 135 Å². The van der Waals surface area contributed by atoms with Gasteiger partial charge in [0.1, 0.15) is 11.4 Å². The second kappa shape index (κ2) is 17.7. The minimum Gasteiger partial charge on any atom is -0.496 e. The molecule has 0 spiro atoms. The van der Waals surface area contributed by atoms with Gasteiger partial charge in [-0.1, -0.05) is 59.6 Å². The van der Waals surface area contributed by atoms with Crippen molar-refractivity contribution in [1.29, 1.82) is 0 Å². The van der Waals surface area contributed by atoms with Gasteiger partial charge in [0.2, 0.25) is 11.8 Å². The number of piperidine rings is 1. The second-order valence-corrected chi connectivity index (χ2v) is 16.2. The molecule has 1 N–H and O–H groups in total. The van der Waals surface area contributed by atoms with Gasteiger partial charge < -0.3 is 29.1 Å². The van der Waals surface area contributed by atoms with E-state index < -0.39 is 17.7 Å². The standard InChI is InChI=1S/C43H49Cl2N5O7/c1-26(51)49-20-16-31(17-21-49)50(42(54)57-43(2,3)4)25-28-11-10-27(22-36(28)55-5)39-38(45)33(14-18-46-39)32-8-7-9-34(37(32)44)35-13-12-29(40(47-35)56-6)23-48-19-15-30(24-48)41(52)53/h7-14,18,22,30-31H,15-17,19-21,23-25H2,1-6H3,(H,52,53)/t30-/m0/s1. The Kier molecular flexibility index (Phi) is 13.0. The Labute approximate surface area is 343 Å². The van der Waals surface area contributed by atoms with E-state index in [9.17, 15) is 19.5 Å². The van der Waals surface area contributed by atoms with Gasteiger partial charge >= 0.3 is 12.1 Å². The highest BCUT2D eigenvalue weighted by molar-refractivity contribution is 6.39. The summed E-state index contributed by atoms with van der Waals surface area (Å²) in [5, 5.41) is 10.3. The largest absolute Gasteiger partial charge is 0.496 e. The third-order valence-electron chi connectivity index (χ3n) is 10.5. The fraction of sp³-hybridized carbons (Fsp3) is 0.419. The highest BCUT2D eigenvalue weighted by atomic mass is 35.5. The smallest absolute Gasteiger partial charge is 0.410 e. The highest BCUT2D eigenvalue weighted by Gasteiger charge is 2.33. The first-order valence-electron chi connectivity index (χ1n) is 19.0. The molecule has 2 amide bonds. The molecule has 4 heterocycles. The zero-order chi connectivity index (χ0) is 41.0. The molecule has 57 heavy (non-hydrogen) atoms. The van der Waals surface area contributed by atoms with Gasteiger partial charge in [-0.15, -0.1) is 0 Å². The number of aliphatic carboxylic acids is 1. The molecule has 2 aliphatic heterocycles. The first-order valence-corrected chi connectivity index (χ1v) is 19.8. The first kappa shape index (κ1) is 41.7. The van der Waals surface area contributed by atoms with E-state index in [1.54, 1.807) is 37.1 Å². The molecule has 0 saturated carbocycles. The Hall–Kier alpha value is -4.91. The number of amides is 2. The lowest BCUT2D eigenvalue weighted by molar-refractivity contribution is -0.141. The molecule has 2 saturated heterocycles. The van der Waals surface area contributed by atoms with Crippen molar-refractivity contribution in [3.8, 4) is 45.3 Å². The lowest BCUT2D eigenvalue weighted by Gasteiger charge is -2.39. The van der Waals surface area contributed by atoms with Gasteiger partial charge in [0.05, 0.1) is 48.1 Å². The molecule has 6 rings (SSSR count). The average Bonchev–Trinajstić information content (AvgIpc) is 3.66. The number of rotatable bonds is 11. The number of aromatic nitrogens is 2. The molecule has 2 aromatic carbocycles. The summed E-state index contributed by atoms with van der Waals surface area (Å²) in [6, 6.07) is 16.9. The van der Waals surface area contributed by atoms with Crippen LogP contribution in [0.25, 0.3) is 33.6 Å². The summed E-state index contributed by atoms with van der Waals surface area (Å²) in [7, 11) is 3.15. The van der Waals surface area contributed by atoms with Crippen molar-refractivity contribution < 1.29 is 33.7 Å². The van der Waals surface area contributed by atoms with Crippen LogP contribution in [0.4, 0.5) is 4.79 Å². The first-order chi connectivity index (χ1) is 27.2. The number of pyridine rings is 2. The predicted molar refractivity (Wildman–Crippen MR) is 220 cm³/mol. The van der Waals surface area contributed by atoms with Crippen molar-refractivity contribution in [1.82, 2.24) is 24.7 Å². The molecule has 2 aromatic heterocycles. The van der Waals surface area contributed by atoms with E-state index in [1.165, 1.54) is 0 Å². The summed E-state index contributed by atoms with van der Waals surface area (Å²) < 4.78 is 17.4. The average molecular weight is 819 g/mol. The molecule has 4 aromatic rings. The molecule has 0 radical (unpaired) electrons. The molecule has 1 atom stereocenters. The van der Waals surface area contributed by atoms with E-state index in [4.69, 9.17) is 42.4 Å². The minimum atomic E-state index is -0.773. The lowest BCUT2D eigenvalue weighted by atomic mass is 9.98. The van der Waals surface area contributed by atoms with E-state index in [2.05, 4.69) is 9.88 Å². The number of carboxylic acid groups (broad SMARTS) is 1. The van der Waals surface area contributed by atoms with Crippen LogP contribution in [0.5, 0.6) is 11.6 Å². The van der Waals surface area contributed by atoms with Crippen LogP contribution < -0.4 is 9.47 Å². The van der Waals surface area contributed by atoms with Crippen LogP contribution in [0.3, 0.4) is 0 Å². The number of carboxylic acids is 1. The van der Waals surface area contributed by atoms with Gasteiger partial charge in [0.25, 0.3) is 0 Å². The van der Waals surface area contributed by atoms with Gasteiger partial charge in [-0.05, 0) is 64.8 Å². The van der Waals surface area contributed by atoms with Crippen LogP contribution in [-0.4, -0.2) is 99.8 Å². The van der Waals surface area contributed by atoms with E-state index in [1.807, 2.05) is 75.4 Å². The number of carbonyl (C=O) groups excluding carboxylic acids is 2. The van der Waals surface area contributed by atoms with Crippen molar-refractivity contribution in [2.45, 2.75) is 71.7 Å². The molecule has 14 heteroatoms. The van der Waals surface area contributed by atoms with Crippen LogP contribution in [0.1, 0.15) is 58.1 Å². The molecule has 0 unspecified atom stereocenters. The number of ether oxygens (including phenoxy) is 3. The third-order valence-corrected chi connectivity index (χ3v) is 11.3. The van der Waals surface area contributed by atoms with Crippen molar-refractivity contribution in [3.63, 3.8) is 0 Å². The van der Waals surface area contributed by atoms with Crippen LogP contribution in [0.2, 0.25) is 10.0 Å².